The van der Waals surface area contributed by atoms with Crippen molar-refractivity contribution in [3.05, 3.63) is 53.6 Å². The van der Waals surface area contributed by atoms with Gasteiger partial charge in [-0.15, -0.1) is 0 Å². The highest BCUT2D eigenvalue weighted by atomic mass is 19.3. The van der Waals surface area contributed by atoms with Gasteiger partial charge in [0.15, 0.2) is 0 Å². The van der Waals surface area contributed by atoms with E-state index in [2.05, 4.69) is 4.98 Å². The molecule has 19 heavy (non-hydrogen) atoms. The Labute approximate surface area is 108 Å². The summed E-state index contributed by atoms with van der Waals surface area (Å²) in [4.78, 5) is 14.7. The first-order chi connectivity index (χ1) is 8.92. The topological polar surface area (TPSA) is 55.1 Å². The molecule has 0 aliphatic heterocycles. The van der Waals surface area contributed by atoms with Crippen molar-refractivity contribution in [1.29, 1.82) is 0 Å². The molecular weight excluding hydrogens is 254 g/mol. The van der Waals surface area contributed by atoms with Crippen molar-refractivity contribution in [2.24, 2.45) is 0 Å². The maximum atomic E-state index is 14.1. The van der Waals surface area contributed by atoms with Gasteiger partial charge < -0.3 is 9.67 Å². The number of carboxylic acids is 1. The number of hydrogen-bond donors (Lipinski definition) is 1. The Morgan fingerprint density at radius 3 is 2.58 bits per heavy atom. The maximum Gasteiger partial charge on any atom is 0.354 e. The fourth-order valence-corrected chi connectivity index (χ4v) is 1.81. The van der Waals surface area contributed by atoms with Crippen LogP contribution in [0, 0.1) is 6.92 Å². The molecule has 2 aromatic rings. The number of halogens is 2. The number of hydrogen-bond acceptors (Lipinski definition) is 2. The van der Waals surface area contributed by atoms with Crippen LogP contribution in [0.3, 0.4) is 0 Å². The van der Waals surface area contributed by atoms with Crippen molar-refractivity contribution in [2.75, 3.05) is 0 Å². The van der Waals surface area contributed by atoms with Gasteiger partial charge in [-0.05, 0) is 6.92 Å². The lowest BCUT2D eigenvalue weighted by atomic mass is 10.1. The molecule has 2 rings (SSSR count). The van der Waals surface area contributed by atoms with Crippen LogP contribution in [0.2, 0.25) is 0 Å². The molecule has 0 spiro atoms. The molecule has 1 heterocycles. The fourth-order valence-electron chi connectivity index (χ4n) is 1.81. The Hall–Kier alpha value is -2.24. The number of alkyl halides is 2. The molecule has 0 aliphatic carbocycles. The molecule has 0 aliphatic rings. The fraction of sp³-hybridized carbons (Fsp3) is 0.231. The summed E-state index contributed by atoms with van der Waals surface area (Å²) in [6.07, 6.45) is 1.08. The molecule has 1 aromatic heterocycles. The number of rotatable bonds is 4. The van der Waals surface area contributed by atoms with Gasteiger partial charge in [-0.25, -0.2) is 9.78 Å². The Morgan fingerprint density at radius 2 is 2.00 bits per heavy atom. The van der Waals surface area contributed by atoms with Crippen molar-refractivity contribution in [3.8, 4) is 0 Å². The van der Waals surface area contributed by atoms with Crippen LogP contribution in [0.15, 0.2) is 36.5 Å². The number of aromatic nitrogens is 2. The number of imidazole rings is 1. The van der Waals surface area contributed by atoms with Crippen molar-refractivity contribution in [1.82, 2.24) is 9.55 Å². The number of benzene rings is 1. The van der Waals surface area contributed by atoms with Gasteiger partial charge >= 0.3 is 5.97 Å². The smallest absolute Gasteiger partial charge is 0.354 e. The normalized spacial score (nSPS) is 11.5. The van der Waals surface area contributed by atoms with E-state index in [0.717, 1.165) is 10.8 Å². The molecule has 0 unspecified atom stereocenters. The summed E-state index contributed by atoms with van der Waals surface area (Å²) in [6.45, 7) is 0.748. The second-order valence-electron chi connectivity index (χ2n) is 4.15. The van der Waals surface area contributed by atoms with E-state index < -0.39 is 18.4 Å². The molecule has 0 saturated carbocycles. The molecule has 100 valence electrons. The Balaban J connectivity index is 2.36. The Bertz CT molecular complexity index is 594. The monoisotopic (exact) mass is 266 g/mol. The van der Waals surface area contributed by atoms with Crippen molar-refractivity contribution >= 4 is 5.97 Å². The third-order valence-electron chi connectivity index (χ3n) is 2.83. The first-order valence-corrected chi connectivity index (χ1v) is 5.60. The second kappa shape index (κ2) is 4.79. The van der Waals surface area contributed by atoms with Gasteiger partial charge in [0.05, 0.1) is 12.7 Å². The molecule has 0 bridgehead atoms. The van der Waals surface area contributed by atoms with Crippen LogP contribution in [0.5, 0.6) is 0 Å². The summed E-state index contributed by atoms with van der Waals surface area (Å²) < 4.78 is 29.2. The number of nitrogens with zero attached hydrogens (tertiary/aromatic N) is 2. The van der Waals surface area contributed by atoms with Gasteiger partial charge in [0.1, 0.15) is 11.5 Å². The molecular formula is C13H12F2N2O2. The summed E-state index contributed by atoms with van der Waals surface area (Å²) in [6, 6.07) is 7.30. The maximum absolute atomic E-state index is 14.1. The lowest BCUT2D eigenvalue weighted by Gasteiger charge is -2.19. The molecule has 0 saturated heterocycles. The minimum Gasteiger partial charge on any atom is -0.477 e. The van der Waals surface area contributed by atoms with Crippen LogP contribution in [0.1, 0.15) is 21.9 Å². The van der Waals surface area contributed by atoms with E-state index in [0.29, 0.717) is 0 Å². The molecule has 6 heteroatoms. The van der Waals surface area contributed by atoms with Crippen LogP contribution in [0.4, 0.5) is 8.78 Å². The van der Waals surface area contributed by atoms with Gasteiger partial charge in [-0.2, -0.15) is 8.78 Å². The second-order valence-corrected chi connectivity index (χ2v) is 4.15. The highest BCUT2D eigenvalue weighted by Crippen LogP contribution is 2.30. The van der Waals surface area contributed by atoms with Crippen LogP contribution >= 0.6 is 0 Å². The predicted octanol–water partition coefficient (Wildman–Crippen LogP) is 2.68. The predicted molar refractivity (Wildman–Crippen MR) is 64.3 cm³/mol. The molecule has 0 fully saturated rings. The van der Waals surface area contributed by atoms with E-state index in [1.165, 1.54) is 31.2 Å². The Kier molecular flexibility index (Phi) is 3.33. The SMILES string of the molecule is Cc1ncc(C(=O)O)n1CC(F)(F)c1ccccc1. The van der Waals surface area contributed by atoms with Gasteiger partial charge in [0.25, 0.3) is 5.92 Å². The number of aryl methyl sites for hydroxylation is 1. The highest BCUT2D eigenvalue weighted by molar-refractivity contribution is 5.85. The van der Waals surface area contributed by atoms with E-state index >= 15 is 0 Å². The lowest BCUT2D eigenvalue weighted by molar-refractivity contribution is -0.0234. The first kappa shape index (κ1) is 13.2. The molecule has 0 amide bonds. The summed E-state index contributed by atoms with van der Waals surface area (Å²) in [5.41, 5.74) is -0.396. The van der Waals surface area contributed by atoms with Gasteiger partial charge in [0, 0.05) is 5.56 Å². The van der Waals surface area contributed by atoms with Gasteiger partial charge in [-0.1, -0.05) is 30.3 Å². The average molecular weight is 266 g/mol. The van der Waals surface area contributed by atoms with Crippen LogP contribution < -0.4 is 0 Å². The molecule has 1 N–H and O–H groups in total. The summed E-state index contributed by atoms with van der Waals surface area (Å²) >= 11 is 0. The zero-order valence-electron chi connectivity index (χ0n) is 10.2. The summed E-state index contributed by atoms with van der Waals surface area (Å²) in [7, 11) is 0. The van der Waals surface area contributed by atoms with Crippen molar-refractivity contribution < 1.29 is 18.7 Å². The van der Waals surface area contributed by atoms with Crippen LogP contribution in [-0.2, 0) is 12.5 Å². The Morgan fingerprint density at radius 1 is 1.37 bits per heavy atom. The van der Waals surface area contributed by atoms with Gasteiger partial charge in [0.2, 0.25) is 0 Å². The van der Waals surface area contributed by atoms with Crippen LogP contribution in [0.25, 0.3) is 0 Å². The van der Waals surface area contributed by atoms with Crippen molar-refractivity contribution in [2.45, 2.75) is 19.4 Å². The van der Waals surface area contributed by atoms with Gasteiger partial charge in [-0.3, -0.25) is 0 Å². The van der Waals surface area contributed by atoms with E-state index in [4.69, 9.17) is 5.11 Å². The summed E-state index contributed by atoms with van der Waals surface area (Å²) in [5, 5.41) is 8.94. The zero-order chi connectivity index (χ0) is 14.0. The van der Waals surface area contributed by atoms with E-state index in [9.17, 15) is 13.6 Å². The zero-order valence-corrected chi connectivity index (χ0v) is 10.2. The number of aromatic carboxylic acids is 1. The third kappa shape index (κ3) is 2.62. The highest BCUT2D eigenvalue weighted by Gasteiger charge is 2.33. The van der Waals surface area contributed by atoms with E-state index in [1.54, 1.807) is 6.07 Å². The lowest BCUT2D eigenvalue weighted by Crippen LogP contribution is -2.24. The average Bonchev–Trinajstić information content (AvgIpc) is 2.72. The van der Waals surface area contributed by atoms with Crippen molar-refractivity contribution in [3.63, 3.8) is 0 Å². The van der Waals surface area contributed by atoms with Crippen LogP contribution in [-0.4, -0.2) is 20.6 Å². The van der Waals surface area contributed by atoms with E-state index in [1.807, 2.05) is 0 Å². The number of carboxylic acid groups (broad SMARTS) is 1. The quantitative estimate of drug-likeness (QED) is 0.925. The number of carbonyl (C=O) groups is 1. The largest absolute Gasteiger partial charge is 0.477 e. The van der Waals surface area contributed by atoms with E-state index in [-0.39, 0.29) is 17.1 Å². The minimum absolute atomic E-state index is 0.153. The molecule has 4 nitrogen and oxygen atoms in total. The minimum atomic E-state index is -3.16. The molecule has 0 radical (unpaired) electrons. The molecule has 0 atom stereocenters. The standard InChI is InChI=1S/C13H12F2N2O2/c1-9-16-7-11(12(18)19)17(9)8-13(14,15)10-5-3-2-4-6-10/h2-7H,8H2,1H3,(H,18,19). The molecule has 1 aromatic carbocycles. The first-order valence-electron chi connectivity index (χ1n) is 5.60. The third-order valence-corrected chi connectivity index (χ3v) is 2.83. The summed E-state index contributed by atoms with van der Waals surface area (Å²) in [5.74, 6) is -4.19.